The predicted molar refractivity (Wildman–Crippen MR) is 54.9 cm³/mol. The summed E-state index contributed by atoms with van der Waals surface area (Å²) in [5.74, 6) is 6.61. The highest BCUT2D eigenvalue weighted by atomic mass is 79.9. The average molecular weight is 253 g/mol. The van der Waals surface area contributed by atoms with E-state index in [2.05, 4.69) is 22.9 Å². The van der Waals surface area contributed by atoms with Crippen molar-refractivity contribution >= 4 is 21.7 Å². The van der Waals surface area contributed by atoms with Gasteiger partial charge in [0.25, 0.3) is 0 Å². The van der Waals surface area contributed by atoms with Crippen molar-refractivity contribution < 1.29 is 4.79 Å². The number of rotatable bonds is 0. The standard InChI is InChI=1S/C12H13BrO/c1-12(13)9-4-2-3-5-6(4)10(12)8(5)11(14)7(3)9/h3-10H,2H2,1H3/t3-,4+,5+,6-,7+,8-,9-,10-,12+/m1/s1. The lowest BCUT2D eigenvalue weighted by molar-refractivity contribution is -0.134. The summed E-state index contributed by atoms with van der Waals surface area (Å²) in [6.45, 7) is 2.37. The summed E-state index contributed by atoms with van der Waals surface area (Å²) in [4.78, 5) is 12.2. The molecule has 0 N–H and O–H groups in total. The van der Waals surface area contributed by atoms with E-state index in [9.17, 15) is 4.79 Å². The topological polar surface area (TPSA) is 17.1 Å². The molecule has 0 heterocycles. The van der Waals surface area contributed by atoms with Crippen molar-refractivity contribution in [3.8, 4) is 0 Å². The molecule has 0 aromatic rings. The number of ketones is 1. The van der Waals surface area contributed by atoms with E-state index in [0.29, 0.717) is 27.9 Å². The summed E-state index contributed by atoms with van der Waals surface area (Å²) in [5, 5.41) is 0. The van der Waals surface area contributed by atoms with Crippen molar-refractivity contribution in [3.63, 3.8) is 0 Å². The van der Waals surface area contributed by atoms with Gasteiger partial charge in [-0.3, -0.25) is 4.79 Å². The van der Waals surface area contributed by atoms with E-state index in [4.69, 9.17) is 0 Å². The molecule has 0 amide bonds. The minimum Gasteiger partial charge on any atom is -0.299 e. The molecule has 0 spiro atoms. The second-order valence-electron chi connectivity index (χ2n) is 6.37. The maximum atomic E-state index is 12.2. The summed E-state index contributed by atoms with van der Waals surface area (Å²) in [6.07, 6.45) is 1.39. The van der Waals surface area contributed by atoms with Crippen LogP contribution in [0.4, 0.5) is 0 Å². The zero-order valence-corrected chi connectivity index (χ0v) is 9.70. The van der Waals surface area contributed by atoms with Crippen LogP contribution in [0.5, 0.6) is 0 Å². The third-order valence-electron chi connectivity index (χ3n) is 6.46. The Hall–Kier alpha value is 0.150. The molecule has 5 fully saturated rings. The molecule has 74 valence electrons. The number of carbonyl (C=O) groups excluding carboxylic acids is 1. The fraction of sp³-hybridized carbons (Fsp3) is 0.917. The van der Waals surface area contributed by atoms with Crippen molar-refractivity contribution in [1.29, 1.82) is 0 Å². The predicted octanol–water partition coefficient (Wildman–Crippen LogP) is 2.10. The molecule has 5 aliphatic carbocycles. The zero-order valence-electron chi connectivity index (χ0n) is 8.11. The first-order chi connectivity index (χ1) is 6.64. The smallest absolute Gasteiger partial charge is 0.140 e. The average Bonchev–Trinajstić information content (AvgIpc) is 2.52. The van der Waals surface area contributed by atoms with Crippen LogP contribution in [-0.4, -0.2) is 10.1 Å². The van der Waals surface area contributed by atoms with Crippen LogP contribution in [0.25, 0.3) is 0 Å². The highest BCUT2D eigenvalue weighted by Gasteiger charge is 2.86. The van der Waals surface area contributed by atoms with Crippen molar-refractivity contribution in [3.05, 3.63) is 0 Å². The Morgan fingerprint density at radius 1 is 1.21 bits per heavy atom. The summed E-state index contributed by atoms with van der Waals surface area (Å²) >= 11 is 3.97. The van der Waals surface area contributed by atoms with Gasteiger partial charge in [-0.1, -0.05) is 15.9 Å². The fourth-order valence-corrected chi connectivity index (χ4v) is 7.76. The lowest BCUT2D eigenvalue weighted by Gasteiger charge is -2.49. The molecule has 2 heteroatoms. The van der Waals surface area contributed by atoms with Gasteiger partial charge in [0.1, 0.15) is 5.78 Å². The lowest BCUT2D eigenvalue weighted by Crippen LogP contribution is -2.53. The van der Waals surface area contributed by atoms with Crippen LogP contribution < -0.4 is 0 Å². The van der Waals surface area contributed by atoms with E-state index in [1.807, 2.05) is 0 Å². The Kier molecular flexibility index (Phi) is 0.883. The first kappa shape index (κ1) is 7.43. The second kappa shape index (κ2) is 1.66. The Morgan fingerprint density at radius 3 is 2.79 bits per heavy atom. The molecule has 0 aromatic carbocycles. The molecule has 0 unspecified atom stereocenters. The minimum atomic E-state index is 0.327. The van der Waals surface area contributed by atoms with Crippen LogP contribution in [0.15, 0.2) is 0 Å². The van der Waals surface area contributed by atoms with E-state index in [0.717, 1.165) is 29.6 Å². The van der Waals surface area contributed by atoms with Gasteiger partial charge < -0.3 is 0 Å². The van der Waals surface area contributed by atoms with Gasteiger partial charge in [-0.2, -0.15) is 0 Å². The van der Waals surface area contributed by atoms with Crippen molar-refractivity contribution in [2.24, 2.45) is 47.3 Å². The number of hydrogen-bond acceptors (Lipinski definition) is 1. The molecule has 0 saturated heterocycles. The van der Waals surface area contributed by atoms with Crippen molar-refractivity contribution in [2.45, 2.75) is 17.7 Å². The third kappa shape index (κ3) is 0.417. The summed E-state index contributed by atoms with van der Waals surface area (Å²) in [6, 6.07) is 0. The molecular formula is C12H13BrO. The lowest BCUT2D eigenvalue weighted by atomic mass is 9.57. The summed E-state index contributed by atoms with van der Waals surface area (Å²) in [5.41, 5.74) is 0. The Morgan fingerprint density at radius 2 is 2.00 bits per heavy atom. The molecule has 0 aromatic heterocycles. The first-order valence-electron chi connectivity index (χ1n) is 5.86. The fourth-order valence-electron chi connectivity index (χ4n) is 6.54. The number of carbonyl (C=O) groups is 1. The maximum Gasteiger partial charge on any atom is 0.140 e. The van der Waals surface area contributed by atoms with Gasteiger partial charge >= 0.3 is 0 Å². The number of hydrogen-bond donors (Lipinski definition) is 0. The van der Waals surface area contributed by atoms with Crippen LogP contribution in [0.2, 0.25) is 0 Å². The van der Waals surface area contributed by atoms with E-state index in [1.54, 1.807) is 0 Å². The largest absolute Gasteiger partial charge is 0.299 e. The second-order valence-corrected chi connectivity index (χ2v) is 8.08. The molecule has 9 atom stereocenters. The molecular weight excluding hydrogens is 240 g/mol. The molecule has 5 aliphatic rings. The Balaban J connectivity index is 1.87. The summed E-state index contributed by atoms with van der Waals surface area (Å²) < 4.78 is 0.327. The van der Waals surface area contributed by atoms with Gasteiger partial charge in [-0.25, -0.2) is 0 Å². The number of fused-ring (bicyclic) bond motifs is 2. The Labute approximate surface area is 91.8 Å². The monoisotopic (exact) mass is 252 g/mol. The van der Waals surface area contributed by atoms with Gasteiger partial charge in [0.15, 0.2) is 0 Å². The quantitative estimate of drug-likeness (QED) is 0.604. The molecule has 0 radical (unpaired) electrons. The normalized spacial score (nSPS) is 80.3. The molecule has 5 rings (SSSR count). The van der Waals surface area contributed by atoms with Gasteiger partial charge in [-0.15, -0.1) is 0 Å². The van der Waals surface area contributed by atoms with Gasteiger partial charge in [-0.05, 0) is 48.9 Å². The highest BCUT2D eigenvalue weighted by Crippen LogP contribution is 2.85. The maximum absolute atomic E-state index is 12.2. The highest BCUT2D eigenvalue weighted by molar-refractivity contribution is 9.10. The van der Waals surface area contributed by atoms with Crippen LogP contribution in [-0.2, 0) is 4.79 Å². The minimum absolute atomic E-state index is 0.327. The molecule has 1 nitrogen and oxygen atoms in total. The van der Waals surface area contributed by atoms with Crippen molar-refractivity contribution in [2.75, 3.05) is 0 Å². The van der Waals surface area contributed by atoms with Crippen LogP contribution in [0.1, 0.15) is 13.3 Å². The van der Waals surface area contributed by atoms with Gasteiger partial charge in [0, 0.05) is 16.2 Å². The molecule has 2 bridgehead atoms. The van der Waals surface area contributed by atoms with Crippen LogP contribution in [0.3, 0.4) is 0 Å². The molecule has 5 saturated carbocycles. The SMILES string of the molecule is C[C@]1(Br)[C@@H]2[C@H]3C[C@H]4[C@@H]2C(=O)[C@@H]2[C@@H]4[C@@H]3[C@H]21. The van der Waals surface area contributed by atoms with Crippen molar-refractivity contribution in [1.82, 2.24) is 0 Å². The third-order valence-corrected chi connectivity index (χ3v) is 7.52. The van der Waals surface area contributed by atoms with Gasteiger partial charge in [0.05, 0.1) is 0 Å². The van der Waals surface area contributed by atoms with E-state index in [-0.39, 0.29) is 0 Å². The number of halogens is 1. The summed E-state index contributed by atoms with van der Waals surface area (Å²) in [7, 11) is 0. The molecule has 14 heavy (non-hydrogen) atoms. The Bertz CT molecular complexity index is 388. The van der Waals surface area contributed by atoms with Crippen LogP contribution >= 0.6 is 15.9 Å². The first-order valence-corrected chi connectivity index (χ1v) is 6.66. The van der Waals surface area contributed by atoms with Crippen LogP contribution in [0, 0.1) is 47.3 Å². The van der Waals surface area contributed by atoms with E-state index < -0.39 is 0 Å². The number of Topliss-reactive ketones (excluding diaryl/α,β-unsaturated/α-hetero) is 1. The van der Waals surface area contributed by atoms with E-state index in [1.165, 1.54) is 6.42 Å². The molecule has 0 aliphatic heterocycles. The van der Waals surface area contributed by atoms with E-state index >= 15 is 0 Å². The zero-order chi connectivity index (χ0) is 9.40. The van der Waals surface area contributed by atoms with Gasteiger partial charge in [0.2, 0.25) is 0 Å². The number of alkyl halides is 1.